The Bertz CT molecular complexity index is 755. The van der Waals surface area contributed by atoms with Gasteiger partial charge in [0.05, 0.1) is 11.8 Å². The molecule has 2 aliphatic carbocycles. The average Bonchev–Trinajstić information content (AvgIpc) is 2.96. The lowest BCUT2D eigenvalue weighted by Gasteiger charge is -2.49. The first-order valence-corrected chi connectivity index (χ1v) is 9.85. The van der Waals surface area contributed by atoms with Gasteiger partial charge in [-0.15, -0.1) is 0 Å². The van der Waals surface area contributed by atoms with Crippen molar-refractivity contribution in [1.82, 2.24) is 0 Å². The van der Waals surface area contributed by atoms with Crippen LogP contribution in [-0.2, 0) is 16.8 Å². The standard InChI is InChI=1S/C20H26BrN3O/c1-11-8-19(9-12(2)17(11)25-4)10-14-5-6-15(21)7-16(14)20(19)23-13(3)18(22)24-20/h5-7,11-12,17H,8-10H2,1-4H3,(H2,22,24)/t11-,12+,17+,19+,20?. The van der Waals surface area contributed by atoms with E-state index in [1.54, 1.807) is 0 Å². The predicted molar refractivity (Wildman–Crippen MR) is 105 cm³/mol. The highest BCUT2D eigenvalue weighted by molar-refractivity contribution is 9.10. The molecule has 5 atom stereocenters. The molecule has 1 aliphatic heterocycles. The molecular formula is C20H26BrN3O. The third kappa shape index (κ3) is 2.28. The van der Waals surface area contributed by atoms with E-state index in [2.05, 4.69) is 48.0 Å². The van der Waals surface area contributed by atoms with Gasteiger partial charge in [0.25, 0.3) is 0 Å². The van der Waals surface area contributed by atoms with Crippen LogP contribution in [0.5, 0.6) is 0 Å². The van der Waals surface area contributed by atoms with Crippen molar-refractivity contribution < 1.29 is 4.74 Å². The summed E-state index contributed by atoms with van der Waals surface area (Å²) >= 11 is 3.63. The fourth-order valence-corrected chi connectivity index (χ4v) is 6.10. The lowest BCUT2D eigenvalue weighted by atomic mass is 9.59. The molecule has 0 aromatic heterocycles. The van der Waals surface area contributed by atoms with Gasteiger partial charge in [0.2, 0.25) is 0 Å². The molecule has 1 aromatic rings. The molecule has 5 heteroatoms. The highest BCUT2D eigenvalue weighted by Gasteiger charge is 2.62. The number of benzene rings is 1. The van der Waals surface area contributed by atoms with E-state index in [-0.39, 0.29) is 5.41 Å². The monoisotopic (exact) mass is 403 g/mol. The lowest BCUT2D eigenvalue weighted by Crippen LogP contribution is -2.49. The number of methoxy groups -OCH3 is 1. The van der Waals surface area contributed by atoms with E-state index >= 15 is 0 Å². The van der Waals surface area contributed by atoms with Gasteiger partial charge < -0.3 is 10.5 Å². The highest BCUT2D eigenvalue weighted by Crippen LogP contribution is 2.63. The van der Waals surface area contributed by atoms with Crippen LogP contribution in [0.4, 0.5) is 0 Å². The van der Waals surface area contributed by atoms with Crippen molar-refractivity contribution in [2.75, 3.05) is 7.11 Å². The highest BCUT2D eigenvalue weighted by atomic mass is 79.9. The number of nitrogens with zero attached hydrogens (tertiary/aromatic N) is 2. The van der Waals surface area contributed by atoms with Crippen LogP contribution in [0.3, 0.4) is 0 Å². The Hall–Kier alpha value is -1.20. The molecule has 0 radical (unpaired) electrons. The van der Waals surface area contributed by atoms with Gasteiger partial charge in [0, 0.05) is 22.6 Å². The van der Waals surface area contributed by atoms with Crippen molar-refractivity contribution in [3.63, 3.8) is 0 Å². The lowest BCUT2D eigenvalue weighted by molar-refractivity contribution is -0.0729. The second-order valence-corrected chi connectivity index (χ2v) is 9.10. The third-order valence-electron chi connectivity index (χ3n) is 6.52. The number of aliphatic imine (C=N–C) groups is 2. The van der Waals surface area contributed by atoms with Gasteiger partial charge in [0.15, 0.2) is 5.66 Å². The van der Waals surface area contributed by atoms with Crippen molar-refractivity contribution in [2.24, 2.45) is 33.0 Å². The molecule has 1 saturated carbocycles. The summed E-state index contributed by atoms with van der Waals surface area (Å²) in [5.41, 5.74) is 9.07. The second-order valence-electron chi connectivity index (χ2n) is 8.19. The van der Waals surface area contributed by atoms with Crippen LogP contribution < -0.4 is 5.73 Å². The van der Waals surface area contributed by atoms with Crippen molar-refractivity contribution in [3.05, 3.63) is 33.8 Å². The first kappa shape index (κ1) is 17.2. The molecule has 0 bridgehead atoms. The number of amidine groups is 1. The normalized spacial score (nSPS) is 39.6. The minimum Gasteiger partial charge on any atom is -0.382 e. The molecule has 1 unspecified atom stereocenters. The maximum Gasteiger partial charge on any atom is 0.184 e. The molecule has 0 amide bonds. The van der Waals surface area contributed by atoms with Gasteiger partial charge >= 0.3 is 0 Å². The first-order chi connectivity index (χ1) is 11.8. The predicted octanol–water partition coefficient (Wildman–Crippen LogP) is 4.06. The van der Waals surface area contributed by atoms with E-state index in [0.29, 0.717) is 23.8 Å². The number of halogens is 1. The Labute approximate surface area is 158 Å². The van der Waals surface area contributed by atoms with E-state index in [0.717, 1.165) is 29.4 Å². The Morgan fingerprint density at radius 1 is 1.20 bits per heavy atom. The molecule has 1 heterocycles. The molecule has 4 nitrogen and oxygen atoms in total. The quantitative estimate of drug-likeness (QED) is 0.768. The van der Waals surface area contributed by atoms with Crippen LogP contribution in [0.15, 0.2) is 32.7 Å². The van der Waals surface area contributed by atoms with Crippen molar-refractivity contribution in [1.29, 1.82) is 0 Å². The molecule has 3 aliphatic rings. The summed E-state index contributed by atoms with van der Waals surface area (Å²) in [7, 11) is 1.83. The molecule has 1 fully saturated rings. The van der Waals surface area contributed by atoms with E-state index in [1.807, 2.05) is 14.0 Å². The number of ether oxygens (including phenoxy) is 1. The number of hydrogen-bond donors (Lipinski definition) is 1. The summed E-state index contributed by atoms with van der Waals surface area (Å²) < 4.78 is 6.88. The Kier molecular flexibility index (Phi) is 3.89. The van der Waals surface area contributed by atoms with Crippen molar-refractivity contribution in [2.45, 2.75) is 51.8 Å². The summed E-state index contributed by atoms with van der Waals surface area (Å²) in [6.07, 6.45) is 3.41. The van der Waals surface area contributed by atoms with E-state index in [4.69, 9.17) is 20.5 Å². The molecule has 25 heavy (non-hydrogen) atoms. The van der Waals surface area contributed by atoms with E-state index in [1.165, 1.54) is 11.1 Å². The number of hydrogen-bond acceptors (Lipinski definition) is 4. The van der Waals surface area contributed by atoms with Crippen LogP contribution in [-0.4, -0.2) is 24.8 Å². The van der Waals surface area contributed by atoms with Crippen molar-refractivity contribution >= 4 is 27.5 Å². The molecule has 1 aromatic carbocycles. The average molecular weight is 404 g/mol. The number of nitrogens with two attached hydrogens (primary N) is 1. The van der Waals surface area contributed by atoms with Crippen LogP contribution in [0.1, 0.15) is 44.7 Å². The summed E-state index contributed by atoms with van der Waals surface area (Å²) in [6, 6.07) is 6.54. The van der Waals surface area contributed by atoms with Crippen LogP contribution >= 0.6 is 15.9 Å². The van der Waals surface area contributed by atoms with Gasteiger partial charge in [-0.1, -0.05) is 35.8 Å². The summed E-state index contributed by atoms with van der Waals surface area (Å²) in [5, 5.41) is 0. The molecule has 4 rings (SSSR count). The Morgan fingerprint density at radius 2 is 1.88 bits per heavy atom. The number of rotatable bonds is 1. The zero-order valence-corrected chi connectivity index (χ0v) is 16.9. The molecule has 0 saturated heterocycles. The summed E-state index contributed by atoms with van der Waals surface area (Å²) in [4.78, 5) is 10.1. The molecule has 2 N–H and O–H groups in total. The maximum absolute atomic E-state index is 6.22. The van der Waals surface area contributed by atoms with Gasteiger partial charge in [-0.25, -0.2) is 4.99 Å². The van der Waals surface area contributed by atoms with Crippen LogP contribution in [0.2, 0.25) is 0 Å². The van der Waals surface area contributed by atoms with E-state index < -0.39 is 5.66 Å². The van der Waals surface area contributed by atoms with Gasteiger partial charge in [-0.2, -0.15) is 0 Å². The molecule has 2 spiro atoms. The van der Waals surface area contributed by atoms with Gasteiger partial charge in [-0.05, 0) is 55.7 Å². The third-order valence-corrected chi connectivity index (χ3v) is 7.01. The Balaban J connectivity index is 1.90. The largest absolute Gasteiger partial charge is 0.382 e. The summed E-state index contributed by atoms with van der Waals surface area (Å²) in [5.74, 6) is 1.52. The smallest absolute Gasteiger partial charge is 0.184 e. The maximum atomic E-state index is 6.22. The Morgan fingerprint density at radius 3 is 2.44 bits per heavy atom. The molecular weight excluding hydrogens is 378 g/mol. The van der Waals surface area contributed by atoms with Crippen LogP contribution in [0, 0.1) is 17.3 Å². The fraction of sp³-hybridized carbons (Fsp3) is 0.600. The zero-order chi connectivity index (χ0) is 18.0. The van der Waals surface area contributed by atoms with Crippen LogP contribution in [0.25, 0.3) is 0 Å². The topological polar surface area (TPSA) is 60.0 Å². The number of fused-ring (bicyclic) bond motifs is 3. The minimum atomic E-state index is -0.568. The molecule has 134 valence electrons. The van der Waals surface area contributed by atoms with Crippen molar-refractivity contribution in [3.8, 4) is 0 Å². The van der Waals surface area contributed by atoms with Gasteiger partial charge in [0.1, 0.15) is 5.84 Å². The van der Waals surface area contributed by atoms with E-state index in [9.17, 15) is 0 Å². The minimum absolute atomic E-state index is 0.0215. The zero-order valence-electron chi connectivity index (χ0n) is 15.3. The van der Waals surface area contributed by atoms with Gasteiger partial charge in [-0.3, -0.25) is 4.99 Å². The summed E-state index contributed by atoms with van der Waals surface area (Å²) in [6.45, 7) is 6.58. The second kappa shape index (κ2) is 5.65. The SMILES string of the molecule is CO[C@H]1[C@H](C)C[C@@]2(Cc3ccc(Br)cc3C23N=C(C)C(N)=N3)C[C@@H]1C. The fourth-order valence-electron chi connectivity index (χ4n) is 5.74. The first-order valence-electron chi connectivity index (χ1n) is 9.06.